The Balaban J connectivity index is 4.00. The number of halogens is 3. The van der Waals surface area contributed by atoms with Gasteiger partial charge in [0.05, 0.1) is 16.9 Å². The fourth-order valence-corrected chi connectivity index (χ4v) is 1.12. The Morgan fingerprint density at radius 1 is 1.36 bits per heavy atom. The highest BCUT2D eigenvalue weighted by Crippen LogP contribution is 2.19. The number of hydrogen-bond donors (Lipinski definition) is 1. The van der Waals surface area contributed by atoms with Gasteiger partial charge in [-0.15, -0.1) is 41.4 Å². The van der Waals surface area contributed by atoms with Crippen LogP contribution in [0.3, 0.4) is 0 Å². The van der Waals surface area contributed by atoms with Crippen LogP contribution in [-0.2, 0) is 0 Å². The average Bonchev–Trinajstić information content (AvgIpc) is 2.00. The molecule has 0 fully saturated rings. The molecule has 0 aliphatic heterocycles. The van der Waals surface area contributed by atoms with E-state index in [1.807, 2.05) is 0 Å². The lowest BCUT2D eigenvalue weighted by atomic mass is 10.1. The van der Waals surface area contributed by atoms with Gasteiger partial charge in [0.1, 0.15) is 0 Å². The molecule has 0 bridgehead atoms. The van der Waals surface area contributed by atoms with Crippen molar-refractivity contribution in [2.45, 2.75) is 29.2 Å². The van der Waals surface area contributed by atoms with Crippen molar-refractivity contribution in [2.75, 3.05) is 0 Å². The van der Waals surface area contributed by atoms with Crippen LogP contribution >= 0.6 is 34.8 Å². The summed E-state index contributed by atoms with van der Waals surface area (Å²) in [5, 5.41) is 7.94. The predicted molar refractivity (Wildman–Crippen MR) is 50.8 cm³/mol. The summed E-state index contributed by atoms with van der Waals surface area (Å²) in [6.07, 6.45) is 0.587. The van der Waals surface area contributed by atoms with Crippen molar-refractivity contribution in [3.05, 3.63) is 12.7 Å². The van der Waals surface area contributed by atoms with Crippen molar-refractivity contribution >= 4 is 34.8 Å². The minimum atomic E-state index is -0.844. The van der Waals surface area contributed by atoms with Crippen LogP contribution < -0.4 is 0 Å². The first-order valence-corrected chi connectivity index (χ1v) is 4.54. The Bertz CT molecular complexity index is 127. The van der Waals surface area contributed by atoms with E-state index >= 15 is 0 Å². The van der Waals surface area contributed by atoms with E-state index in [-0.39, 0.29) is 5.38 Å². The smallest absolute Gasteiger partial charge is 0.0916 e. The normalized spacial score (nSPS) is 21.9. The van der Waals surface area contributed by atoms with Gasteiger partial charge in [0.15, 0.2) is 0 Å². The minimum Gasteiger partial charge on any atom is -0.390 e. The summed E-state index contributed by atoms with van der Waals surface area (Å²) in [7, 11) is 0. The molecule has 0 rings (SSSR count). The zero-order chi connectivity index (χ0) is 9.02. The molecule has 0 saturated heterocycles. The summed E-state index contributed by atoms with van der Waals surface area (Å²) in [6, 6.07) is 0. The molecule has 0 aromatic heterocycles. The van der Waals surface area contributed by atoms with Gasteiger partial charge >= 0.3 is 0 Å². The van der Waals surface area contributed by atoms with E-state index in [1.54, 1.807) is 6.92 Å². The maximum Gasteiger partial charge on any atom is 0.0916 e. The number of aliphatic hydroxyl groups excluding tert-OH is 1. The second kappa shape index (κ2) is 5.26. The molecule has 0 amide bonds. The van der Waals surface area contributed by atoms with Crippen molar-refractivity contribution < 1.29 is 5.11 Å². The van der Waals surface area contributed by atoms with Crippen LogP contribution in [0.2, 0.25) is 0 Å². The van der Waals surface area contributed by atoms with Gasteiger partial charge in [0, 0.05) is 5.38 Å². The summed E-state index contributed by atoms with van der Waals surface area (Å²) in [6.45, 7) is 5.13. The first-order valence-electron chi connectivity index (χ1n) is 3.23. The zero-order valence-electron chi connectivity index (χ0n) is 6.17. The number of alkyl halides is 3. The second-order valence-electron chi connectivity index (χ2n) is 2.29. The van der Waals surface area contributed by atoms with Gasteiger partial charge < -0.3 is 5.11 Å². The van der Waals surface area contributed by atoms with Crippen molar-refractivity contribution in [3.8, 4) is 0 Å². The molecule has 0 unspecified atom stereocenters. The molecule has 66 valence electrons. The van der Waals surface area contributed by atoms with Crippen LogP contribution in [-0.4, -0.2) is 27.3 Å². The Hall–Kier alpha value is 0.570. The van der Waals surface area contributed by atoms with Crippen molar-refractivity contribution in [1.29, 1.82) is 0 Å². The highest BCUT2D eigenvalue weighted by molar-refractivity contribution is 6.31. The first kappa shape index (κ1) is 11.6. The topological polar surface area (TPSA) is 20.2 Å². The van der Waals surface area contributed by atoms with Gasteiger partial charge in [0.25, 0.3) is 0 Å². The van der Waals surface area contributed by atoms with E-state index < -0.39 is 16.9 Å². The largest absolute Gasteiger partial charge is 0.390 e. The Kier molecular flexibility index (Phi) is 5.53. The first-order chi connectivity index (χ1) is 5.00. The van der Waals surface area contributed by atoms with Crippen LogP contribution in [0.25, 0.3) is 0 Å². The van der Waals surface area contributed by atoms with E-state index in [0.29, 0.717) is 0 Å². The molecular weight excluding hydrogens is 206 g/mol. The van der Waals surface area contributed by atoms with Gasteiger partial charge in [-0.25, -0.2) is 0 Å². The van der Waals surface area contributed by atoms with Crippen molar-refractivity contribution in [3.63, 3.8) is 0 Å². The molecule has 0 radical (unpaired) electrons. The lowest BCUT2D eigenvalue weighted by molar-refractivity contribution is 0.175. The zero-order valence-corrected chi connectivity index (χ0v) is 8.44. The highest BCUT2D eigenvalue weighted by atomic mass is 35.5. The molecule has 0 aromatic rings. The van der Waals surface area contributed by atoms with Gasteiger partial charge in [-0.2, -0.15) is 0 Å². The van der Waals surface area contributed by atoms with E-state index in [2.05, 4.69) is 6.58 Å². The Morgan fingerprint density at radius 3 is 2.09 bits per heavy atom. The van der Waals surface area contributed by atoms with E-state index in [1.165, 1.54) is 6.08 Å². The maximum absolute atomic E-state index is 9.34. The monoisotopic (exact) mass is 216 g/mol. The van der Waals surface area contributed by atoms with Gasteiger partial charge in [0.2, 0.25) is 0 Å². The molecule has 4 heteroatoms. The van der Waals surface area contributed by atoms with Crippen LogP contribution in [0.5, 0.6) is 0 Å². The molecule has 0 spiro atoms. The third-order valence-electron chi connectivity index (χ3n) is 1.32. The van der Waals surface area contributed by atoms with E-state index in [0.717, 1.165) is 0 Å². The molecule has 0 aliphatic carbocycles. The third-order valence-corrected chi connectivity index (χ3v) is 2.79. The SMILES string of the molecule is C=C[C@H](Cl)[C@@H](O)[C@@H](Cl)[C@H](C)Cl. The van der Waals surface area contributed by atoms with Crippen molar-refractivity contribution in [2.24, 2.45) is 0 Å². The molecular formula is C7H11Cl3O. The molecule has 0 heterocycles. The molecule has 1 nitrogen and oxygen atoms in total. The summed E-state index contributed by atoms with van der Waals surface area (Å²) in [5.74, 6) is 0. The predicted octanol–water partition coefficient (Wildman–Crippen LogP) is 2.38. The lowest BCUT2D eigenvalue weighted by Gasteiger charge is -2.20. The van der Waals surface area contributed by atoms with Crippen molar-refractivity contribution in [1.82, 2.24) is 0 Å². The van der Waals surface area contributed by atoms with Crippen LogP contribution in [0, 0.1) is 0 Å². The molecule has 11 heavy (non-hydrogen) atoms. The quantitative estimate of drug-likeness (QED) is 0.566. The molecule has 0 saturated carbocycles. The fraction of sp³-hybridized carbons (Fsp3) is 0.714. The van der Waals surface area contributed by atoms with E-state index in [4.69, 9.17) is 34.8 Å². The standard InChI is InChI=1S/C7H11Cl3O/c1-3-5(9)7(11)6(10)4(2)8/h3-7,11H,1H2,2H3/t4-,5-,6-,7+/m0/s1. The van der Waals surface area contributed by atoms with Gasteiger partial charge in [-0.3, -0.25) is 0 Å². The van der Waals surface area contributed by atoms with Crippen LogP contribution in [0.1, 0.15) is 6.92 Å². The summed E-state index contributed by atoms with van der Waals surface area (Å²) in [5.41, 5.74) is 0. The lowest BCUT2D eigenvalue weighted by Crippen LogP contribution is -2.34. The average molecular weight is 218 g/mol. The third kappa shape index (κ3) is 3.66. The fourth-order valence-electron chi connectivity index (χ4n) is 0.587. The van der Waals surface area contributed by atoms with E-state index in [9.17, 15) is 5.11 Å². The number of aliphatic hydroxyl groups is 1. The molecule has 1 N–H and O–H groups in total. The van der Waals surface area contributed by atoms with Crippen LogP contribution in [0.4, 0.5) is 0 Å². The number of hydrogen-bond acceptors (Lipinski definition) is 1. The van der Waals surface area contributed by atoms with Gasteiger partial charge in [-0.05, 0) is 6.92 Å². The Labute approximate surface area is 81.9 Å². The van der Waals surface area contributed by atoms with Gasteiger partial charge in [-0.1, -0.05) is 6.08 Å². The second-order valence-corrected chi connectivity index (χ2v) is 3.99. The minimum absolute atomic E-state index is 0.312. The van der Waals surface area contributed by atoms with Crippen LogP contribution in [0.15, 0.2) is 12.7 Å². The molecule has 0 aliphatic rings. The maximum atomic E-state index is 9.34. The molecule has 0 aromatic carbocycles. The number of rotatable bonds is 4. The summed E-state index contributed by atoms with van der Waals surface area (Å²) in [4.78, 5) is 0. The molecule has 4 atom stereocenters. The highest BCUT2D eigenvalue weighted by Gasteiger charge is 2.26. The summed E-state index contributed by atoms with van der Waals surface area (Å²) >= 11 is 17.0. The Morgan fingerprint density at radius 2 is 1.82 bits per heavy atom. The summed E-state index contributed by atoms with van der Waals surface area (Å²) < 4.78 is 0.